The average Bonchev–Trinajstić information content (AvgIpc) is 2.99. The Morgan fingerprint density at radius 2 is 1.95 bits per heavy atom. The molecule has 1 heterocycles. The number of hydrogen-bond donors (Lipinski definition) is 2. The zero-order chi connectivity index (χ0) is 13.4. The predicted molar refractivity (Wildman–Crippen MR) is 90.1 cm³/mol. The van der Waals surface area contributed by atoms with Gasteiger partial charge in [0.1, 0.15) is 0 Å². The standard InChI is InChI=1S/C15H27N3O.2ClH/c1-2-18-7-3-4-12(9-18)17-15(19)13-10-5-6-11(8-10)14(13)16;;/h10-14H,2-9,16H2,1H3,(H,17,19);2*1H. The molecule has 0 spiro atoms. The maximum Gasteiger partial charge on any atom is 0.225 e. The molecule has 5 unspecified atom stereocenters. The van der Waals surface area contributed by atoms with E-state index in [0.29, 0.717) is 17.9 Å². The highest BCUT2D eigenvalue weighted by Crippen LogP contribution is 2.47. The van der Waals surface area contributed by atoms with Gasteiger partial charge in [0.05, 0.1) is 5.92 Å². The molecule has 0 aromatic heterocycles. The van der Waals surface area contributed by atoms with Crippen LogP contribution in [-0.2, 0) is 4.79 Å². The molecule has 3 aliphatic rings. The molecule has 3 N–H and O–H groups in total. The quantitative estimate of drug-likeness (QED) is 0.825. The van der Waals surface area contributed by atoms with Gasteiger partial charge < -0.3 is 16.0 Å². The summed E-state index contributed by atoms with van der Waals surface area (Å²) in [7, 11) is 0. The van der Waals surface area contributed by atoms with Gasteiger partial charge >= 0.3 is 0 Å². The van der Waals surface area contributed by atoms with E-state index in [-0.39, 0.29) is 42.7 Å². The van der Waals surface area contributed by atoms with Gasteiger partial charge in [-0.05, 0) is 57.0 Å². The van der Waals surface area contributed by atoms with E-state index in [9.17, 15) is 4.79 Å². The zero-order valence-electron chi connectivity index (χ0n) is 12.8. The van der Waals surface area contributed by atoms with Gasteiger partial charge in [0, 0.05) is 18.6 Å². The number of likely N-dealkylation sites (tertiary alicyclic amines) is 1. The lowest BCUT2D eigenvalue weighted by atomic mass is 9.84. The van der Waals surface area contributed by atoms with Gasteiger partial charge in [0.2, 0.25) is 5.91 Å². The third-order valence-electron chi connectivity index (χ3n) is 5.58. The first-order valence-corrected chi connectivity index (χ1v) is 7.97. The molecule has 21 heavy (non-hydrogen) atoms. The highest BCUT2D eigenvalue weighted by Gasteiger charge is 2.49. The van der Waals surface area contributed by atoms with Crippen LogP contribution in [0.1, 0.15) is 39.0 Å². The van der Waals surface area contributed by atoms with E-state index in [1.54, 1.807) is 0 Å². The van der Waals surface area contributed by atoms with Gasteiger partial charge in [-0.15, -0.1) is 24.8 Å². The van der Waals surface area contributed by atoms with Crippen molar-refractivity contribution in [2.75, 3.05) is 19.6 Å². The number of carbonyl (C=O) groups is 1. The molecule has 124 valence electrons. The second-order valence-electron chi connectivity index (χ2n) is 6.68. The summed E-state index contributed by atoms with van der Waals surface area (Å²) in [5, 5.41) is 3.28. The molecule has 1 aliphatic heterocycles. The summed E-state index contributed by atoms with van der Waals surface area (Å²) in [6.07, 6.45) is 5.95. The maximum atomic E-state index is 12.5. The fraction of sp³-hybridized carbons (Fsp3) is 0.933. The summed E-state index contributed by atoms with van der Waals surface area (Å²) in [6.45, 7) is 5.46. The van der Waals surface area contributed by atoms with Gasteiger partial charge in [-0.2, -0.15) is 0 Å². The number of hydrogen-bond acceptors (Lipinski definition) is 3. The zero-order valence-corrected chi connectivity index (χ0v) is 14.4. The van der Waals surface area contributed by atoms with E-state index in [4.69, 9.17) is 5.73 Å². The smallest absolute Gasteiger partial charge is 0.225 e. The number of likely N-dealkylation sites (N-methyl/N-ethyl adjacent to an activating group) is 1. The third kappa shape index (κ3) is 3.84. The van der Waals surface area contributed by atoms with Crippen LogP contribution in [-0.4, -0.2) is 42.5 Å². The Kier molecular flexibility index (Phi) is 7.25. The number of rotatable bonds is 3. The largest absolute Gasteiger partial charge is 0.352 e. The van der Waals surface area contributed by atoms with Crippen molar-refractivity contribution >= 4 is 30.7 Å². The lowest BCUT2D eigenvalue weighted by Gasteiger charge is -2.34. The Morgan fingerprint density at radius 1 is 1.24 bits per heavy atom. The van der Waals surface area contributed by atoms with Crippen LogP contribution in [0.5, 0.6) is 0 Å². The number of carbonyl (C=O) groups excluding carboxylic acids is 1. The fourth-order valence-electron chi connectivity index (χ4n) is 4.48. The van der Waals surface area contributed by atoms with E-state index < -0.39 is 0 Å². The first-order chi connectivity index (χ1) is 9.19. The van der Waals surface area contributed by atoms with Crippen LogP contribution in [0.25, 0.3) is 0 Å². The van der Waals surface area contributed by atoms with E-state index >= 15 is 0 Å². The van der Waals surface area contributed by atoms with E-state index in [1.807, 2.05) is 0 Å². The summed E-state index contributed by atoms with van der Waals surface area (Å²) < 4.78 is 0. The molecule has 5 atom stereocenters. The number of fused-ring (bicyclic) bond motifs is 2. The van der Waals surface area contributed by atoms with Gasteiger partial charge in [-0.3, -0.25) is 4.79 Å². The van der Waals surface area contributed by atoms with Crippen LogP contribution in [0.15, 0.2) is 0 Å². The van der Waals surface area contributed by atoms with Crippen molar-refractivity contribution in [3.63, 3.8) is 0 Å². The molecule has 3 rings (SSSR count). The molecule has 1 saturated heterocycles. The minimum atomic E-state index is 0. The van der Waals surface area contributed by atoms with Crippen molar-refractivity contribution in [3.05, 3.63) is 0 Å². The van der Waals surface area contributed by atoms with E-state index in [1.165, 1.54) is 32.2 Å². The van der Waals surface area contributed by atoms with Crippen molar-refractivity contribution in [2.24, 2.45) is 23.5 Å². The van der Waals surface area contributed by atoms with E-state index in [0.717, 1.165) is 19.5 Å². The predicted octanol–water partition coefficient (Wildman–Crippen LogP) is 1.80. The van der Waals surface area contributed by atoms with Crippen molar-refractivity contribution in [3.8, 4) is 0 Å². The number of nitrogens with one attached hydrogen (secondary N) is 1. The second kappa shape index (κ2) is 8.00. The Hall–Kier alpha value is -0.0300. The Labute approximate surface area is 140 Å². The molecule has 4 nitrogen and oxygen atoms in total. The Morgan fingerprint density at radius 3 is 2.57 bits per heavy atom. The molecule has 0 radical (unpaired) electrons. The number of amides is 1. The molecule has 0 aromatic rings. The molecule has 3 fully saturated rings. The molecule has 1 amide bonds. The van der Waals surface area contributed by atoms with Crippen LogP contribution >= 0.6 is 24.8 Å². The lowest BCUT2D eigenvalue weighted by Crippen LogP contribution is -2.52. The molecule has 2 aliphatic carbocycles. The van der Waals surface area contributed by atoms with Gasteiger partial charge in [0.15, 0.2) is 0 Å². The molecule has 0 aromatic carbocycles. The number of nitrogens with two attached hydrogens (primary N) is 1. The van der Waals surface area contributed by atoms with Crippen LogP contribution in [0, 0.1) is 17.8 Å². The monoisotopic (exact) mass is 337 g/mol. The molecule has 2 saturated carbocycles. The maximum absolute atomic E-state index is 12.5. The first-order valence-electron chi connectivity index (χ1n) is 7.97. The van der Waals surface area contributed by atoms with Gasteiger partial charge in [0.25, 0.3) is 0 Å². The third-order valence-corrected chi connectivity index (χ3v) is 5.58. The molecular weight excluding hydrogens is 309 g/mol. The van der Waals surface area contributed by atoms with Crippen LogP contribution in [0.2, 0.25) is 0 Å². The first kappa shape index (κ1) is 19.0. The highest BCUT2D eigenvalue weighted by molar-refractivity contribution is 5.85. The van der Waals surface area contributed by atoms with Crippen LogP contribution in [0.3, 0.4) is 0 Å². The van der Waals surface area contributed by atoms with Crippen LogP contribution in [0.4, 0.5) is 0 Å². The topological polar surface area (TPSA) is 58.4 Å². The molecular formula is C15H29Cl2N3O. The highest BCUT2D eigenvalue weighted by atomic mass is 35.5. The molecule has 2 bridgehead atoms. The summed E-state index contributed by atoms with van der Waals surface area (Å²) in [5.74, 6) is 1.50. The summed E-state index contributed by atoms with van der Waals surface area (Å²) >= 11 is 0. The average molecular weight is 338 g/mol. The Balaban J connectivity index is 0.00000110. The number of halogens is 2. The SMILES string of the molecule is CCN1CCCC(NC(=O)C2C3CCC(C3)C2N)C1.Cl.Cl. The summed E-state index contributed by atoms with van der Waals surface area (Å²) in [6, 6.07) is 0.456. The van der Waals surface area contributed by atoms with Crippen molar-refractivity contribution in [2.45, 2.75) is 51.1 Å². The van der Waals surface area contributed by atoms with Crippen molar-refractivity contribution < 1.29 is 4.79 Å². The normalized spacial score (nSPS) is 38.5. The van der Waals surface area contributed by atoms with Crippen molar-refractivity contribution in [1.29, 1.82) is 0 Å². The van der Waals surface area contributed by atoms with Gasteiger partial charge in [-0.1, -0.05) is 6.92 Å². The number of piperidine rings is 1. The molecule has 6 heteroatoms. The summed E-state index contributed by atoms with van der Waals surface area (Å²) in [4.78, 5) is 14.9. The van der Waals surface area contributed by atoms with Crippen molar-refractivity contribution in [1.82, 2.24) is 10.2 Å². The number of nitrogens with zero attached hydrogens (tertiary/aromatic N) is 1. The Bertz CT molecular complexity index is 354. The minimum Gasteiger partial charge on any atom is -0.352 e. The minimum absolute atomic E-state index is 0. The van der Waals surface area contributed by atoms with Gasteiger partial charge in [-0.25, -0.2) is 0 Å². The lowest BCUT2D eigenvalue weighted by molar-refractivity contribution is -0.128. The second-order valence-corrected chi connectivity index (χ2v) is 6.68. The summed E-state index contributed by atoms with van der Waals surface area (Å²) in [5.41, 5.74) is 6.25. The van der Waals surface area contributed by atoms with E-state index in [2.05, 4.69) is 17.1 Å². The van der Waals surface area contributed by atoms with Crippen LogP contribution < -0.4 is 11.1 Å². The fourth-order valence-corrected chi connectivity index (χ4v) is 4.48.